The van der Waals surface area contributed by atoms with Crippen LogP contribution in [0.1, 0.15) is 47.1 Å². The van der Waals surface area contributed by atoms with Crippen molar-refractivity contribution >= 4 is 28.5 Å². The predicted octanol–water partition coefficient (Wildman–Crippen LogP) is 6.15. The molecule has 1 N–H and O–H groups in total. The largest absolute Gasteiger partial charge is 0.417 e. The van der Waals surface area contributed by atoms with Crippen LogP contribution in [0.25, 0.3) is 22.4 Å². The summed E-state index contributed by atoms with van der Waals surface area (Å²) in [6, 6.07) is 9.40. The summed E-state index contributed by atoms with van der Waals surface area (Å²) in [5.41, 5.74) is 0.730. The molecule has 1 unspecified atom stereocenters. The van der Waals surface area contributed by atoms with Gasteiger partial charge in [0.25, 0.3) is 5.91 Å². The molecule has 0 radical (unpaired) electrons. The number of halogens is 4. The predicted molar refractivity (Wildman–Crippen MR) is 126 cm³/mol. The van der Waals surface area contributed by atoms with Crippen LogP contribution in [0.3, 0.4) is 0 Å². The maximum absolute atomic E-state index is 13.9. The van der Waals surface area contributed by atoms with Crippen LogP contribution >= 0.6 is 11.6 Å². The maximum Gasteiger partial charge on any atom is 0.417 e. The van der Waals surface area contributed by atoms with Crippen molar-refractivity contribution < 1.29 is 18.0 Å². The number of rotatable bonds is 3. The summed E-state index contributed by atoms with van der Waals surface area (Å²) in [4.78, 5) is 31.8. The van der Waals surface area contributed by atoms with Gasteiger partial charge >= 0.3 is 6.18 Å². The van der Waals surface area contributed by atoms with E-state index in [1.165, 1.54) is 6.07 Å². The van der Waals surface area contributed by atoms with Crippen molar-refractivity contribution in [2.45, 2.75) is 38.4 Å². The average Bonchev–Trinajstić information content (AvgIpc) is 3.42. The van der Waals surface area contributed by atoms with E-state index in [0.29, 0.717) is 41.3 Å². The zero-order chi connectivity index (χ0) is 25.0. The van der Waals surface area contributed by atoms with E-state index in [0.717, 1.165) is 18.1 Å². The smallest absolute Gasteiger partial charge is 0.340 e. The lowest BCUT2D eigenvalue weighted by molar-refractivity contribution is -0.137. The molecule has 2 aromatic heterocycles. The summed E-state index contributed by atoms with van der Waals surface area (Å²) in [5, 5.41) is -0.417. The highest BCUT2D eigenvalue weighted by atomic mass is 35.5. The van der Waals surface area contributed by atoms with E-state index in [9.17, 15) is 18.0 Å². The minimum Gasteiger partial charge on any atom is -0.340 e. The van der Waals surface area contributed by atoms with Crippen molar-refractivity contribution in [3.63, 3.8) is 0 Å². The first-order chi connectivity index (χ1) is 16.6. The molecule has 0 spiro atoms. The number of aryl methyl sites for hydroxylation is 1. The van der Waals surface area contributed by atoms with Gasteiger partial charge in [-0.3, -0.25) is 4.79 Å². The molecule has 1 aliphatic heterocycles. The van der Waals surface area contributed by atoms with Gasteiger partial charge in [-0.2, -0.15) is 13.2 Å². The van der Waals surface area contributed by atoms with Gasteiger partial charge < -0.3 is 9.88 Å². The van der Waals surface area contributed by atoms with E-state index >= 15 is 0 Å². The van der Waals surface area contributed by atoms with E-state index in [1.807, 2.05) is 26.0 Å². The highest BCUT2D eigenvalue weighted by Crippen LogP contribution is 2.41. The van der Waals surface area contributed by atoms with Crippen LogP contribution in [-0.2, 0) is 11.7 Å². The Morgan fingerprint density at radius 3 is 2.63 bits per heavy atom. The number of imidazole rings is 1. The lowest BCUT2D eigenvalue weighted by atomic mass is 9.95. The molecule has 2 aromatic carbocycles. The number of H-pyrrole nitrogens is 1. The molecule has 4 aromatic rings. The fraction of sp³-hybridized carbons (Fsp3) is 0.280. The lowest BCUT2D eigenvalue weighted by Gasteiger charge is -2.34. The highest BCUT2D eigenvalue weighted by Gasteiger charge is 2.44. The number of carbonyl (C=O) groups excluding carboxylic acids is 1. The average molecular weight is 500 g/mol. The van der Waals surface area contributed by atoms with Gasteiger partial charge in [-0.25, -0.2) is 15.0 Å². The van der Waals surface area contributed by atoms with Crippen molar-refractivity contribution in [1.29, 1.82) is 0 Å². The minimum absolute atomic E-state index is 0.214. The topological polar surface area (TPSA) is 74.8 Å². The number of hydrogen-bond donors (Lipinski definition) is 1. The monoisotopic (exact) mass is 499 g/mol. The number of aromatic amines is 1. The molecule has 1 atom stereocenters. The Labute approximate surface area is 204 Å². The quantitative estimate of drug-likeness (QED) is 0.367. The molecule has 1 fully saturated rings. The van der Waals surface area contributed by atoms with Gasteiger partial charge in [-0.05, 0) is 51.0 Å². The van der Waals surface area contributed by atoms with E-state index in [1.54, 1.807) is 29.4 Å². The van der Waals surface area contributed by atoms with E-state index < -0.39 is 22.3 Å². The van der Waals surface area contributed by atoms with Crippen LogP contribution in [0.5, 0.6) is 0 Å². The normalized spacial score (nSPS) is 18.4. The first-order valence-corrected chi connectivity index (χ1v) is 11.4. The second kappa shape index (κ2) is 8.34. The molecule has 5 rings (SSSR count). The Morgan fingerprint density at radius 1 is 1.17 bits per heavy atom. The molecule has 180 valence electrons. The minimum atomic E-state index is -4.59. The van der Waals surface area contributed by atoms with Crippen molar-refractivity contribution in [1.82, 2.24) is 24.8 Å². The van der Waals surface area contributed by atoms with E-state index in [2.05, 4.69) is 19.9 Å². The van der Waals surface area contributed by atoms with E-state index in [-0.39, 0.29) is 11.4 Å². The number of alkyl halides is 3. The summed E-state index contributed by atoms with van der Waals surface area (Å²) in [6.45, 7) is 4.25. The number of hydrogen-bond acceptors (Lipinski definition) is 4. The number of benzene rings is 2. The highest BCUT2D eigenvalue weighted by molar-refractivity contribution is 6.32. The van der Waals surface area contributed by atoms with E-state index in [4.69, 9.17) is 11.6 Å². The second-order valence-electron chi connectivity index (χ2n) is 8.89. The molecule has 0 bridgehead atoms. The van der Waals surface area contributed by atoms with Crippen LogP contribution in [0.15, 0.2) is 48.8 Å². The Balaban J connectivity index is 1.57. The fourth-order valence-corrected chi connectivity index (χ4v) is 4.92. The maximum atomic E-state index is 13.9. The number of nitrogens with zero attached hydrogens (tertiary/aromatic N) is 4. The number of likely N-dealkylation sites (tertiary alicyclic amines) is 1. The fourth-order valence-electron chi connectivity index (χ4n) is 4.65. The summed E-state index contributed by atoms with van der Waals surface area (Å²) in [5.74, 6) is 0.638. The van der Waals surface area contributed by atoms with Crippen LogP contribution in [0.4, 0.5) is 13.2 Å². The molecular weight excluding hydrogens is 479 g/mol. The molecule has 0 aliphatic carbocycles. The van der Waals surface area contributed by atoms with Crippen molar-refractivity contribution in [2.24, 2.45) is 0 Å². The van der Waals surface area contributed by atoms with Gasteiger partial charge in [-0.15, -0.1) is 0 Å². The molecule has 3 heterocycles. The Bertz CT molecular complexity index is 1440. The van der Waals surface area contributed by atoms with Gasteiger partial charge in [0.1, 0.15) is 5.82 Å². The Kier molecular flexibility index (Phi) is 5.55. The summed E-state index contributed by atoms with van der Waals surface area (Å²) >= 11 is 5.89. The van der Waals surface area contributed by atoms with Gasteiger partial charge in [-0.1, -0.05) is 29.3 Å². The molecule has 1 amide bonds. The van der Waals surface area contributed by atoms with Crippen molar-refractivity contribution in [3.05, 3.63) is 76.3 Å². The molecule has 1 aliphatic rings. The molecule has 1 saturated heterocycles. The number of carbonyl (C=O) groups is 1. The molecule has 10 heteroatoms. The van der Waals surface area contributed by atoms with Crippen LogP contribution < -0.4 is 0 Å². The summed E-state index contributed by atoms with van der Waals surface area (Å²) < 4.78 is 40.0. The molecule has 6 nitrogen and oxygen atoms in total. The molecule has 0 saturated carbocycles. The van der Waals surface area contributed by atoms with Gasteiger partial charge in [0.15, 0.2) is 5.82 Å². The van der Waals surface area contributed by atoms with Gasteiger partial charge in [0.05, 0.1) is 32.7 Å². The Morgan fingerprint density at radius 2 is 1.91 bits per heavy atom. The SMILES string of the molecule is Cc1ccc(-c2ncccn2)c(C(=O)N2CCCC2(C)c2nc3cc(Cl)c(C(F)(F)F)cc3[nH]2)c1. The van der Waals surface area contributed by atoms with Gasteiger partial charge in [0.2, 0.25) is 0 Å². The first kappa shape index (κ1) is 23.3. The summed E-state index contributed by atoms with van der Waals surface area (Å²) in [7, 11) is 0. The number of amides is 1. The van der Waals surface area contributed by atoms with Crippen molar-refractivity contribution in [3.8, 4) is 11.4 Å². The Hall–Kier alpha value is -3.46. The van der Waals surface area contributed by atoms with Crippen LogP contribution in [0.2, 0.25) is 5.02 Å². The number of nitrogens with one attached hydrogen (secondary N) is 1. The van der Waals surface area contributed by atoms with Crippen molar-refractivity contribution in [2.75, 3.05) is 6.54 Å². The second-order valence-corrected chi connectivity index (χ2v) is 9.30. The van der Waals surface area contributed by atoms with Gasteiger partial charge in [0, 0.05) is 24.5 Å². The van der Waals surface area contributed by atoms with Crippen LogP contribution in [-0.4, -0.2) is 37.3 Å². The lowest BCUT2D eigenvalue weighted by Crippen LogP contribution is -2.43. The van der Waals surface area contributed by atoms with Crippen LogP contribution in [0, 0.1) is 6.92 Å². The molecule has 35 heavy (non-hydrogen) atoms. The third kappa shape index (κ3) is 4.03. The number of fused-ring (bicyclic) bond motifs is 1. The zero-order valence-electron chi connectivity index (χ0n) is 18.9. The third-order valence-electron chi connectivity index (χ3n) is 6.48. The zero-order valence-corrected chi connectivity index (χ0v) is 19.7. The standard InChI is InChI=1S/C25H21ClF3N5O/c1-14-5-6-15(21-30-8-4-9-31-21)16(11-14)22(35)34-10-3-7-24(34,2)23-32-19-12-17(25(27,28)29)18(26)13-20(19)33-23/h4-6,8-9,11-13H,3,7,10H2,1-2H3,(H,32,33). The molecular formula is C25H21ClF3N5O. The summed E-state index contributed by atoms with van der Waals surface area (Å²) in [6.07, 6.45) is -0.0363. The third-order valence-corrected chi connectivity index (χ3v) is 6.80. The number of aromatic nitrogens is 4. The first-order valence-electron chi connectivity index (χ1n) is 11.0.